The van der Waals surface area contributed by atoms with Crippen LogP contribution in [0.1, 0.15) is 31.9 Å². The van der Waals surface area contributed by atoms with Crippen molar-refractivity contribution < 1.29 is 0 Å². The zero-order valence-electron chi connectivity index (χ0n) is 33.9. The van der Waals surface area contributed by atoms with Crippen molar-refractivity contribution in [3.8, 4) is 67.3 Å². The molecule has 0 saturated carbocycles. The van der Waals surface area contributed by atoms with Gasteiger partial charge in [-0.15, -0.1) is 0 Å². The maximum Gasteiger partial charge on any atom is 0.0934 e. The smallest absolute Gasteiger partial charge is 0.0934 e. The molecule has 0 radical (unpaired) electrons. The molecule has 0 fully saturated rings. The first-order valence-electron chi connectivity index (χ1n) is 20.5. The molecule has 0 spiro atoms. The number of nitrogens with zero attached hydrogens (tertiary/aromatic N) is 3. The highest BCUT2D eigenvalue weighted by atomic mass is 15.3. The lowest BCUT2D eigenvalue weighted by Gasteiger charge is -2.19. The summed E-state index contributed by atoms with van der Waals surface area (Å²) in [7, 11) is 0. The van der Waals surface area contributed by atoms with Crippen LogP contribution in [-0.4, -0.2) is 14.3 Å². The van der Waals surface area contributed by atoms with E-state index >= 15 is 0 Å². The Balaban J connectivity index is 1.01. The molecule has 0 amide bonds. The highest BCUT2D eigenvalue weighted by Crippen LogP contribution is 2.40. The first-order chi connectivity index (χ1) is 28.8. The summed E-state index contributed by atoms with van der Waals surface area (Å²) < 4.78 is 4.48. The Morgan fingerprint density at radius 1 is 0.407 bits per heavy atom. The fourth-order valence-corrected chi connectivity index (χ4v) is 8.54. The summed E-state index contributed by atoms with van der Waals surface area (Å²) in [6.07, 6.45) is 0. The van der Waals surface area contributed by atoms with Gasteiger partial charge in [0.05, 0.1) is 28.1 Å². The van der Waals surface area contributed by atoms with Crippen LogP contribution in [0.5, 0.6) is 0 Å². The van der Waals surface area contributed by atoms with E-state index < -0.39 is 0 Å². The van der Waals surface area contributed by atoms with Gasteiger partial charge in [0.2, 0.25) is 0 Å². The number of fused-ring (bicyclic) bond motifs is 3. The quantitative estimate of drug-likeness (QED) is 0.159. The van der Waals surface area contributed by atoms with Gasteiger partial charge < -0.3 is 4.57 Å². The van der Waals surface area contributed by atoms with Crippen molar-refractivity contribution >= 4 is 21.8 Å². The second-order valence-electron chi connectivity index (χ2n) is 16.6. The van der Waals surface area contributed by atoms with Crippen molar-refractivity contribution in [2.45, 2.75) is 33.1 Å². The highest BCUT2D eigenvalue weighted by Gasteiger charge is 2.19. The molecule has 3 nitrogen and oxygen atoms in total. The van der Waals surface area contributed by atoms with Gasteiger partial charge >= 0.3 is 0 Å². The van der Waals surface area contributed by atoms with Gasteiger partial charge in [0.25, 0.3) is 0 Å². The summed E-state index contributed by atoms with van der Waals surface area (Å²) in [6.45, 7) is 9.04. The topological polar surface area (TPSA) is 22.8 Å². The summed E-state index contributed by atoms with van der Waals surface area (Å²) >= 11 is 0. The van der Waals surface area contributed by atoms with E-state index in [1.54, 1.807) is 0 Å². The van der Waals surface area contributed by atoms with Crippen molar-refractivity contribution in [1.29, 1.82) is 0 Å². The van der Waals surface area contributed by atoms with Gasteiger partial charge in [-0.2, -0.15) is 5.10 Å². The minimum Gasteiger partial charge on any atom is -0.309 e. The normalized spacial score (nSPS) is 11.7. The zero-order valence-corrected chi connectivity index (χ0v) is 33.9. The molecular formula is C56H45N3. The molecule has 0 aliphatic carbocycles. The minimum atomic E-state index is 0.0730. The molecule has 0 aliphatic heterocycles. The molecule has 59 heavy (non-hydrogen) atoms. The Kier molecular flexibility index (Phi) is 8.95. The van der Waals surface area contributed by atoms with Crippen LogP contribution in [0.15, 0.2) is 200 Å². The minimum absolute atomic E-state index is 0.0730. The second kappa shape index (κ2) is 14.6. The summed E-state index contributed by atoms with van der Waals surface area (Å²) in [6, 6.07) is 72.3. The molecule has 284 valence electrons. The molecule has 0 unspecified atom stereocenters. The van der Waals surface area contributed by atoms with E-state index in [2.05, 4.69) is 231 Å². The molecule has 3 heteroatoms. The first-order valence-corrected chi connectivity index (χ1v) is 20.5. The van der Waals surface area contributed by atoms with E-state index in [1.165, 1.54) is 60.8 Å². The Bertz CT molecular complexity index is 3110. The number of hydrogen-bond donors (Lipinski definition) is 0. The van der Waals surface area contributed by atoms with Crippen LogP contribution in [0.2, 0.25) is 0 Å². The summed E-state index contributed by atoms with van der Waals surface area (Å²) in [5, 5.41) is 7.72. The molecule has 0 saturated heterocycles. The van der Waals surface area contributed by atoms with Crippen LogP contribution in [-0.2, 0) is 5.41 Å². The Hall–Kier alpha value is -7.23. The predicted molar refractivity (Wildman–Crippen MR) is 249 cm³/mol. The van der Waals surface area contributed by atoms with E-state index in [9.17, 15) is 0 Å². The van der Waals surface area contributed by atoms with Gasteiger partial charge in [-0.25, -0.2) is 4.68 Å². The number of hydrogen-bond acceptors (Lipinski definition) is 1. The van der Waals surface area contributed by atoms with Crippen LogP contribution in [0, 0.1) is 6.92 Å². The first kappa shape index (κ1) is 36.1. The predicted octanol–water partition coefficient (Wildman–Crippen LogP) is 14.9. The molecule has 8 aromatic carbocycles. The van der Waals surface area contributed by atoms with Crippen LogP contribution in [0.4, 0.5) is 0 Å². The van der Waals surface area contributed by atoms with Crippen LogP contribution in [0.3, 0.4) is 0 Å². The van der Waals surface area contributed by atoms with Gasteiger partial charge in [0.1, 0.15) is 0 Å². The van der Waals surface area contributed by atoms with Gasteiger partial charge in [-0.05, 0) is 106 Å². The van der Waals surface area contributed by atoms with Crippen molar-refractivity contribution in [3.63, 3.8) is 0 Å². The van der Waals surface area contributed by atoms with E-state index in [0.29, 0.717) is 0 Å². The highest BCUT2D eigenvalue weighted by molar-refractivity contribution is 6.10. The Labute approximate surface area is 346 Å². The molecule has 2 heterocycles. The fraction of sp³-hybridized carbons (Fsp3) is 0.0893. The van der Waals surface area contributed by atoms with Crippen molar-refractivity contribution in [2.75, 3.05) is 0 Å². The monoisotopic (exact) mass is 759 g/mol. The summed E-state index contributed by atoms with van der Waals surface area (Å²) in [5.41, 5.74) is 18.7. The standard InChI is InChI=1S/C56H45N3/c1-38-23-33-53-50(35-38)51-36-43(56(2,3)4)28-34-54(51)58(53)44-29-24-39(25-30-44)46-19-11-13-21-48(46)49-22-14-12-20-47(49)40-26-31-45(32-27-40)59-55(42-17-9-6-10-18-42)37-52(57-59)41-15-7-5-8-16-41/h5-37H,1-4H3. The number of rotatable bonds is 7. The maximum atomic E-state index is 5.12. The Morgan fingerprint density at radius 2 is 0.898 bits per heavy atom. The van der Waals surface area contributed by atoms with E-state index in [4.69, 9.17) is 5.10 Å². The SMILES string of the molecule is Cc1ccc2c(c1)c1cc(C(C)(C)C)ccc1n2-c1ccc(-c2ccccc2-c2ccccc2-c2ccc(-n3nc(-c4ccccc4)cc3-c3ccccc3)cc2)cc1. The fourth-order valence-electron chi connectivity index (χ4n) is 8.54. The maximum absolute atomic E-state index is 5.12. The summed E-state index contributed by atoms with van der Waals surface area (Å²) in [5.74, 6) is 0. The molecule has 0 atom stereocenters. The average molecular weight is 760 g/mol. The van der Waals surface area contributed by atoms with E-state index in [-0.39, 0.29) is 5.41 Å². The van der Waals surface area contributed by atoms with Gasteiger partial charge in [0.15, 0.2) is 0 Å². The van der Waals surface area contributed by atoms with Gasteiger partial charge in [-0.3, -0.25) is 0 Å². The third-order valence-electron chi connectivity index (χ3n) is 11.6. The van der Waals surface area contributed by atoms with Crippen molar-refractivity contribution in [2.24, 2.45) is 0 Å². The Morgan fingerprint density at radius 3 is 1.47 bits per heavy atom. The molecule has 0 N–H and O–H groups in total. The third kappa shape index (κ3) is 6.65. The number of aromatic nitrogens is 3. The molecule has 10 aromatic rings. The molecular weight excluding hydrogens is 715 g/mol. The van der Waals surface area contributed by atoms with Crippen molar-refractivity contribution in [3.05, 3.63) is 211 Å². The largest absolute Gasteiger partial charge is 0.309 e. The van der Waals surface area contributed by atoms with Gasteiger partial charge in [-0.1, -0.05) is 172 Å². The lowest BCUT2D eigenvalue weighted by Crippen LogP contribution is -2.10. The molecule has 0 aliphatic rings. The van der Waals surface area contributed by atoms with Crippen LogP contribution in [0.25, 0.3) is 89.1 Å². The van der Waals surface area contributed by atoms with Crippen LogP contribution < -0.4 is 0 Å². The van der Waals surface area contributed by atoms with Crippen LogP contribution >= 0.6 is 0 Å². The molecule has 0 bridgehead atoms. The zero-order chi connectivity index (χ0) is 40.1. The second-order valence-corrected chi connectivity index (χ2v) is 16.6. The lowest BCUT2D eigenvalue weighted by atomic mass is 9.86. The van der Waals surface area contributed by atoms with Gasteiger partial charge in [0, 0.05) is 27.6 Å². The molecule has 10 rings (SSSR count). The lowest BCUT2D eigenvalue weighted by molar-refractivity contribution is 0.591. The molecule has 2 aromatic heterocycles. The average Bonchev–Trinajstić information content (AvgIpc) is 3.87. The van der Waals surface area contributed by atoms with Crippen molar-refractivity contribution in [1.82, 2.24) is 14.3 Å². The number of aryl methyl sites for hydroxylation is 1. The van der Waals surface area contributed by atoms with E-state index in [0.717, 1.165) is 39.5 Å². The third-order valence-corrected chi connectivity index (χ3v) is 11.6. The number of benzene rings is 8. The summed E-state index contributed by atoms with van der Waals surface area (Å²) in [4.78, 5) is 0. The van der Waals surface area contributed by atoms with E-state index in [1.807, 2.05) is 6.07 Å².